The van der Waals surface area contributed by atoms with Crippen LogP contribution in [0, 0.1) is 0 Å². The van der Waals surface area contributed by atoms with E-state index < -0.39 is 16.3 Å². The van der Waals surface area contributed by atoms with E-state index in [1.165, 1.54) is 0 Å². The van der Waals surface area contributed by atoms with Crippen LogP contribution in [0.15, 0.2) is 27.8 Å². The first-order valence-electron chi connectivity index (χ1n) is 6.79. The quantitative estimate of drug-likeness (QED) is 0.674. The third-order valence-electron chi connectivity index (χ3n) is 4.05. The van der Waals surface area contributed by atoms with Crippen LogP contribution in [0.2, 0.25) is 0 Å². The molecule has 0 amide bonds. The molecule has 3 rings (SSSR count). The Morgan fingerprint density at radius 2 is 2.10 bits per heavy atom. The van der Waals surface area contributed by atoms with Crippen LogP contribution in [0.1, 0.15) is 23.6 Å². The van der Waals surface area contributed by atoms with E-state index >= 15 is 0 Å². The highest BCUT2D eigenvalue weighted by atomic mass is 31.0. The summed E-state index contributed by atoms with van der Waals surface area (Å²) in [7, 11) is 2.20. The lowest BCUT2D eigenvalue weighted by atomic mass is 9.94. The summed E-state index contributed by atoms with van der Waals surface area (Å²) in [6.45, 7) is 2.41. The zero-order valence-electron chi connectivity index (χ0n) is 11.6. The Balaban J connectivity index is 2.06. The second-order valence-corrected chi connectivity index (χ2v) is 6.40. The van der Waals surface area contributed by atoms with Crippen LogP contribution in [-0.4, -0.2) is 6.54 Å². The van der Waals surface area contributed by atoms with Crippen molar-refractivity contribution in [3.63, 3.8) is 0 Å². The van der Waals surface area contributed by atoms with Gasteiger partial charge in [-0.05, 0) is 23.1 Å². The zero-order valence-corrected chi connectivity index (χ0v) is 12.8. The van der Waals surface area contributed by atoms with Gasteiger partial charge < -0.3 is 10.6 Å². The van der Waals surface area contributed by atoms with Crippen molar-refractivity contribution in [1.82, 2.24) is 0 Å². The number of halogens is 1. The first-order valence-corrected chi connectivity index (χ1v) is 7.36. The number of aryl methyl sites for hydroxylation is 1. The summed E-state index contributed by atoms with van der Waals surface area (Å²) < 4.78 is 14.9. The average Bonchev–Trinajstić information content (AvgIpc) is 2.45. The SMILES string of the molecule is CCc1ccc2c(c1)CN(c1c(N)c(=O)c1=O)CC2(F)P. The molecule has 0 radical (unpaired) electrons. The molecule has 0 fully saturated rings. The summed E-state index contributed by atoms with van der Waals surface area (Å²) in [6, 6.07) is 5.66. The minimum Gasteiger partial charge on any atom is -0.394 e. The van der Waals surface area contributed by atoms with Crippen molar-refractivity contribution in [3.05, 3.63) is 55.3 Å². The Morgan fingerprint density at radius 3 is 2.71 bits per heavy atom. The van der Waals surface area contributed by atoms with Gasteiger partial charge in [-0.2, -0.15) is 0 Å². The minimum atomic E-state index is -1.66. The number of hydrogen-bond donors (Lipinski definition) is 1. The fourth-order valence-corrected chi connectivity index (χ4v) is 3.40. The molecule has 0 aliphatic carbocycles. The molecule has 2 aromatic carbocycles. The average molecular weight is 306 g/mol. The van der Waals surface area contributed by atoms with Gasteiger partial charge in [0, 0.05) is 6.54 Å². The van der Waals surface area contributed by atoms with Gasteiger partial charge in [0.2, 0.25) is 0 Å². The van der Waals surface area contributed by atoms with E-state index in [4.69, 9.17) is 5.73 Å². The van der Waals surface area contributed by atoms with Gasteiger partial charge in [0.05, 0.1) is 6.54 Å². The molecule has 0 spiro atoms. The lowest BCUT2D eigenvalue weighted by molar-refractivity contribution is 0.282. The van der Waals surface area contributed by atoms with Crippen molar-refractivity contribution >= 4 is 20.6 Å². The van der Waals surface area contributed by atoms with Gasteiger partial charge in [-0.25, -0.2) is 4.39 Å². The number of hydrogen-bond acceptors (Lipinski definition) is 4. The number of rotatable bonds is 2. The van der Waals surface area contributed by atoms with Gasteiger partial charge >= 0.3 is 0 Å². The fourth-order valence-electron chi connectivity index (χ4n) is 2.90. The number of anilines is 2. The lowest BCUT2D eigenvalue weighted by Crippen LogP contribution is -2.47. The van der Waals surface area contributed by atoms with Crippen molar-refractivity contribution in [2.45, 2.75) is 25.3 Å². The number of nitrogen functional groups attached to an aromatic ring is 1. The number of benzene rings is 1. The second-order valence-electron chi connectivity index (χ2n) is 5.48. The fraction of sp³-hybridized carbons (Fsp3) is 0.333. The zero-order chi connectivity index (χ0) is 15.4. The Bertz CT molecular complexity index is 793. The predicted octanol–water partition coefficient (Wildman–Crippen LogP) is 1.44. The molecule has 0 aromatic heterocycles. The standard InChI is InChI=1S/C15H16FN2O2P/c1-2-8-3-4-10-9(5-8)6-18(7-15(10,16)21)12-11(17)13(19)14(12)20/h3-5H,2,6-7,17,21H2,1H3. The molecule has 0 bridgehead atoms. The largest absolute Gasteiger partial charge is 0.394 e. The van der Waals surface area contributed by atoms with E-state index in [0.29, 0.717) is 12.1 Å². The first kappa shape index (κ1) is 14.2. The summed E-state index contributed by atoms with van der Waals surface area (Å²) in [5, 5.41) is -1.66. The molecule has 2 atom stereocenters. The van der Waals surface area contributed by atoms with Crippen LogP contribution in [0.4, 0.5) is 15.8 Å². The predicted molar refractivity (Wildman–Crippen MR) is 85.1 cm³/mol. The van der Waals surface area contributed by atoms with Crippen molar-refractivity contribution < 1.29 is 4.39 Å². The number of nitrogens with two attached hydrogens (primary N) is 1. The first-order chi connectivity index (χ1) is 9.85. The molecule has 1 aliphatic rings. The number of nitrogens with zero attached hydrogens (tertiary/aromatic N) is 1. The minimum absolute atomic E-state index is 0.00874. The Hall–Kier alpha value is -1.74. The van der Waals surface area contributed by atoms with E-state index in [0.717, 1.165) is 17.5 Å². The Labute approximate surface area is 123 Å². The highest BCUT2D eigenvalue weighted by Crippen LogP contribution is 2.42. The molecule has 1 aliphatic heterocycles. The van der Waals surface area contributed by atoms with Crippen molar-refractivity contribution in [2.24, 2.45) is 0 Å². The van der Waals surface area contributed by atoms with Crippen molar-refractivity contribution in [2.75, 3.05) is 17.2 Å². The van der Waals surface area contributed by atoms with Crippen molar-refractivity contribution in [1.29, 1.82) is 0 Å². The highest BCUT2D eigenvalue weighted by Gasteiger charge is 2.38. The molecule has 0 saturated heterocycles. The van der Waals surface area contributed by atoms with Crippen LogP contribution in [-0.2, 0) is 18.4 Å². The number of fused-ring (bicyclic) bond motifs is 1. The molecular formula is C15H16FN2O2P. The van der Waals surface area contributed by atoms with E-state index in [1.54, 1.807) is 11.0 Å². The maximum Gasteiger partial charge on any atom is 0.253 e. The van der Waals surface area contributed by atoms with E-state index in [9.17, 15) is 14.0 Å². The van der Waals surface area contributed by atoms with Crippen LogP contribution in [0.25, 0.3) is 0 Å². The molecule has 110 valence electrons. The van der Waals surface area contributed by atoms with Crippen LogP contribution < -0.4 is 21.5 Å². The maximum absolute atomic E-state index is 14.9. The summed E-state index contributed by atoms with van der Waals surface area (Å²) >= 11 is 0. The molecule has 4 nitrogen and oxygen atoms in total. The lowest BCUT2D eigenvalue weighted by Gasteiger charge is -2.38. The maximum atomic E-state index is 14.9. The van der Waals surface area contributed by atoms with Gasteiger partial charge in [0.25, 0.3) is 10.9 Å². The van der Waals surface area contributed by atoms with E-state index in [2.05, 4.69) is 9.24 Å². The molecule has 2 aromatic rings. The van der Waals surface area contributed by atoms with Gasteiger partial charge in [-0.3, -0.25) is 9.59 Å². The van der Waals surface area contributed by atoms with Gasteiger partial charge in [0.1, 0.15) is 11.4 Å². The van der Waals surface area contributed by atoms with Gasteiger partial charge in [-0.1, -0.05) is 34.4 Å². The molecule has 2 N–H and O–H groups in total. The monoisotopic (exact) mass is 306 g/mol. The smallest absolute Gasteiger partial charge is 0.253 e. The van der Waals surface area contributed by atoms with Crippen LogP contribution >= 0.6 is 9.24 Å². The van der Waals surface area contributed by atoms with Gasteiger partial charge in [0.15, 0.2) is 5.41 Å². The molecule has 0 saturated carbocycles. The summed E-state index contributed by atoms with van der Waals surface area (Å²) in [4.78, 5) is 24.5. The highest BCUT2D eigenvalue weighted by molar-refractivity contribution is 7.18. The summed E-state index contributed by atoms with van der Waals surface area (Å²) in [6.07, 6.45) is 0.853. The Morgan fingerprint density at radius 1 is 1.38 bits per heavy atom. The summed E-state index contributed by atoms with van der Waals surface area (Å²) in [5.74, 6) is 0. The molecular weight excluding hydrogens is 290 g/mol. The number of alkyl halides is 1. The molecule has 6 heteroatoms. The topological polar surface area (TPSA) is 63.4 Å². The third kappa shape index (κ3) is 2.07. The Kier molecular flexibility index (Phi) is 3.14. The summed E-state index contributed by atoms with van der Waals surface area (Å²) in [5.41, 5.74) is 6.92. The second kappa shape index (κ2) is 4.63. The van der Waals surface area contributed by atoms with E-state index in [1.807, 2.05) is 19.1 Å². The normalized spacial score (nSPS) is 21.6. The molecule has 21 heavy (non-hydrogen) atoms. The third-order valence-corrected chi connectivity index (χ3v) is 4.54. The molecule has 2 unspecified atom stereocenters. The van der Waals surface area contributed by atoms with E-state index in [-0.39, 0.29) is 17.9 Å². The molecule has 1 heterocycles. The van der Waals surface area contributed by atoms with Gasteiger partial charge in [-0.15, -0.1) is 0 Å². The van der Waals surface area contributed by atoms with Crippen molar-refractivity contribution in [3.8, 4) is 0 Å². The van der Waals surface area contributed by atoms with Crippen LogP contribution in [0.3, 0.4) is 0 Å². The van der Waals surface area contributed by atoms with Crippen LogP contribution in [0.5, 0.6) is 0 Å².